The van der Waals surface area contributed by atoms with Gasteiger partial charge in [0.15, 0.2) is 16.8 Å². The summed E-state index contributed by atoms with van der Waals surface area (Å²) in [5.41, 5.74) is 0.979. The summed E-state index contributed by atoms with van der Waals surface area (Å²) in [6, 6.07) is 13.5. The van der Waals surface area contributed by atoms with Crippen molar-refractivity contribution in [2.24, 2.45) is 5.92 Å². The quantitative estimate of drug-likeness (QED) is 0.185. The number of amides is 1. The summed E-state index contributed by atoms with van der Waals surface area (Å²) in [6.45, 7) is 8.41. The summed E-state index contributed by atoms with van der Waals surface area (Å²) >= 11 is 13.5. The molecule has 0 spiro atoms. The van der Waals surface area contributed by atoms with Crippen LogP contribution in [0.2, 0.25) is 10.0 Å². The third-order valence-electron chi connectivity index (χ3n) is 4.99. The van der Waals surface area contributed by atoms with E-state index in [1.165, 1.54) is 17.8 Å². The first kappa shape index (κ1) is 26.0. The van der Waals surface area contributed by atoms with E-state index in [-0.39, 0.29) is 28.4 Å². The van der Waals surface area contributed by atoms with Crippen LogP contribution in [0.15, 0.2) is 66.3 Å². The lowest BCUT2D eigenvalue weighted by molar-refractivity contribution is 0.0928. The molecule has 1 aromatic heterocycles. The van der Waals surface area contributed by atoms with Crippen molar-refractivity contribution in [2.45, 2.75) is 38.0 Å². The molecule has 2 aromatic carbocycles. The standard InChI is InChI=1S/C25H26Cl2N4O2S/c1-4-12-31-23(29-30-25(31)34-15-22(32)17-8-6-5-7-9-17)21(13-16(2)3)28-24(33)19-11-10-18(26)14-20(19)27/h4-11,14,16,21H,1,12-13,15H2,2-3H3,(H,28,33)/t21-/m0/s1. The van der Waals surface area contributed by atoms with Gasteiger partial charge in [0.2, 0.25) is 0 Å². The number of hydrogen-bond donors (Lipinski definition) is 1. The molecule has 0 saturated heterocycles. The highest BCUT2D eigenvalue weighted by Gasteiger charge is 2.25. The Labute approximate surface area is 213 Å². The Morgan fingerprint density at radius 1 is 1.15 bits per heavy atom. The summed E-state index contributed by atoms with van der Waals surface area (Å²) in [5, 5.41) is 13.1. The number of rotatable bonds is 11. The molecule has 0 fully saturated rings. The van der Waals surface area contributed by atoms with Crippen LogP contribution in [0.5, 0.6) is 0 Å². The van der Waals surface area contributed by atoms with E-state index in [2.05, 4.69) is 35.9 Å². The topological polar surface area (TPSA) is 76.9 Å². The van der Waals surface area contributed by atoms with Crippen LogP contribution in [0.4, 0.5) is 0 Å². The number of carbonyl (C=O) groups is 2. The van der Waals surface area contributed by atoms with Gasteiger partial charge in [0, 0.05) is 17.1 Å². The summed E-state index contributed by atoms with van der Waals surface area (Å²) < 4.78 is 1.88. The average molecular weight is 517 g/mol. The molecule has 3 aromatic rings. The number of Topliss-reactive ketones (excluding diaryl/α,β-unsaturated/α-hetero) is 1. The molecule has 34 heavy (non-hydrogen) atoms. The second-order valence-corrected chi connectivity index (χ2v) is 9.88. The molecule has 0 aliphatic heterocycles. The van der Waals surface area contributed by atoms with Gasteiger partial charge >= 0.3 is 0 Å². The van der Waals surface area contributed by atoms with Crippen LogP contribution in [-0.4, -0.2) is 32.2 Å². The van der Waals surface area contributed by atoms with E-state index < -0.39 is 6.04 Å². The number of nitrogens with one attached hydrogen (secondary N) is 1. The Morgan fingerprint density at radius 2 is 1.88 bits per heavy atom. The maximum absolute atomic E-state index is 13.0. The molecule has 1 heterocycles. The van der Waals surface area contributed by atoms with Gasteiger partial charge in [0.25, 0.3) is 5.91 Å². The molecule has 0 saturated carbocycles. The summed E-state index contributed by atoms with van der Waals surface area (Å²) in [5.74, 6) is 0.775. The number of hydrogen-bond acceptors (Lipinski definition) is 5. The number of aromatic nitrogens is 3. The van der Waals surface area contributed by atoms with E-state index >= 15 is 0 Å². The maximum atomic E-state index is 13.0. The van der Waals surface area contributed by atoms with Crippen LogP contribution in [0.25, 0.3) is 0 Å². The Balaban J connectivity index is 1.84. The molecule has 1 amide bonds. The van der Waals surface area contributed by atoms with Crippen molar-refractivity contribution >= 4 is 46.7 Å². The Bertz CT molecular complexity index is 1160. The minimum Gasteiger partial charge on any atom is -0.342 e. The minimum atomic E-state index is -0.411. The number of nitrogens with zero attached hydrogens (tertiary/aromatic N) is 3. The van der Waals surface area contributed by atoms with Gasteiger partial charge < -0.3 is 9.88 Å². The van der Waals surface area contributed by atoms with Gasteiger partial charge in [-0.2, -0.15) is 0 Å². The molecule has 0 bridgehead atoms. The van der Waals surface area contributed by atoms with E-state index in [0.717, 1.165) is 0 Å². The molecule has 3 rings (SSSR count). The van der Waals surface area contributed by atoms with Crippen molar-refractivity contribution in [2.75, 3.05) is 5.75 Å². The molecule has 1 N–H and O–H groups in total. The van der Waals surface area contributed by atoms with Gasteiger partial charge in [0.1, 0.15) is 0 Å². The molecule has 6 nitrogen and oxygen atoms in total. The highest BCUT2D eigenvalue weighted by molar-refractivity contribution is 7.99. The Kier molecular flexibility index (Phi) is 9.33. The van der Waals surface area contributed by atoms with Gasteiger partial charge in [-0.25, -0.2) is 0 Å². The molecular weight excluding hydrogens is 491 g/mol. The number of ketones is 1. The molecule has 178 valence electrons. The zero-order chi connectivity index (χ0) is 24.7. The monoisotopic (exact) mass is 516 g/mol. The van der Waals surface area contributed by atoms with Gasteiger partial charge in [-0.3, -0.25) is 9.59 Å². The van der Waals surface area contributed by atoms with Gasteiger partial charge in [-0.1, -0.05) is 85.2 Å². The van der Waals surface area contributed by atoms with E-state index in [9.17, 15) is 9.59 Å². The van der Waals surface area contributed by atoms with Crippen molar-refractivity contribution < 1.29 is 9.59 Å². The van der Waals surface area contributed by atoms with Crippen LogP contribution in [-0.2, 0) is 6.54 Å². The Morgan fingerprint density at radius 3 is 2.53 bits per heavy atom. The average Bonchev–Trinajstić information content (AvgIpc) is 3.20. The SMILES string of the molecule is C=CCn1c(SCC(=O)c2ccccc2)nnc1[C@H](CC(C)C)NC(=O)c1ccc(Cl)cc1Cl. The fourth-order valence-corrected chi connectivity index (χ4v) is 4.76. The second kappa shape index (κ2) is 12.2. The van der Waals surface area contributed by atoms with Crippen molar-refractivity contribution in [1.29, 1.82) is 0 Å². The number of thioether (sulfide) groups is 1. The highest BCUT2D eigenvalue weighted by Crippen LogP contribution is 2.27. The largest absolute Gasteiger partial charge is 0.342 e. The molecule has 1 atom stereocenters. The van der Waals surface area contributed by atoms with Gasteiger partial charge in [0.05, 0.1) is 22.4 Å². The molecule has 0 unspecified atom stereocenters. The van der Waals surface area contributed by atoms with Crippen LogP contribution in [0, 0.1) is 5.92 Å². The number of allylic oxidation sites excluding steroid dienone is 1. The second-order valence-electron chi connectivity index (χ2n) is 8.10. The molecular formula is C25H26Cl2N4O2S. The maximum Gasteiger partial charge on any atom is 0.253 e. The first-order valence-corrected chi connectivity index (χ1v) is 12.5. The van der Waals surface area contributed by atoms with Crippen molar-refractivity contribution in [1.82, 2.24) is 20.1 Å². The van der Waals surface area contributed by atoms with E-state index in [1.807, 2.05) is 22.8 Å². The zero-order valence-electron chi connectivity index (χ0n) is 19.0. The lowest BCUT2D eigenvalue weighted by Gasteiger charge is -2.21. The number of benzene rings is 2. The van der Waals surface area contributed by atoms with Crippen LogP contribution >= 0.6 is 35.0 Å². The summed E-state index contributed by atoms with van der Waals surface area (Å²) in [7, 11) is 0. The smallest absolute Gasteiger partial charge is 0.253 e. The minimum absolute atomic E-state index is 0.00437. The lowest BCUT2D eigenvalue weighted by atomic mass is 10.0. The van der Waals surface area contributed by atoms with Crippen LogP contribution < -0.4 is 5.32 Å². The summed E-state index contributed by atoms with van der Waals surface area (Å²) in [6.07, 6.45) is 2.38. The molecule has 0 aliphatic rings. The molecule has 0 radical (unpaired) electrons. The zero-order valence-corrected chi connectivity index (χ0v) is 21.3. The third-order valence-corrected chi connectivity index (χ3v) is 6.50. The molecule has 9 heteroatoms. The third kappa shape index (κ3) is 6.72. The van der Waals surface area contributed by atoms with E-state index in [0.29, 0.717) is 40.1 Å². The predicted molar refractivity (Wildman–Crippen MR) is 138 cm³/mol. The first-order valence-electron chi connectivity index (χ1n) is 10.8. The van der Waals surface area contributed by atoms with Crippen molar-refractivity contribution in [3.63, 3.8) is 0 Å². The van der Waals surface area contributed by atoms with E-state index in [4.69, 9.17) is 23.2 Å². The van der Waals surface area contributed by atoms with Crippen LogP contribution in [0.3, 0.4) is 0 Å². The predicted octanol–water partition coefficient (Wildman–Crippen LogP) is 6.26. The fraction of sp³-hybridized carbons (Fsp3) is 0.280. The van der Waals surface area contributed by atoms with Crippen molar-refractivity contribution in [3.8, 4) is 0 Å². The van der Waals surface area contributed by atoms with Gasteiger partial charge in [-0.15, -0.1) is 16.8 Å². The number of halogens is 2. The van der Waals surface area contributed by atoms with E-state index in [1.54, 1.807) is 30.3 Å². The first-order chi connectivity index (χ1) is 16.3. The summed E-state index contributed by atoms with van der Waals surface area (Å²) in [4.78, 5) is 25.6. The van der Waals surface area contributed by atoms with Gasteiger partial charge in [-0.05, 0) is 30.5 Å². The highest BCUT2D eigenvalue weighted by atomic mass is 35.5. The number of carbonyl (C=O) groups excluding carboxylic acids is 2. The molecule has 0 aliphatic carbocycles. The lowest BCUT2D eigenvalue weighted by Crippen LogP contribution is -2.32. The van der Waals surface area contributed by atoms with Crippen molar-refractivity contribution in [3.05, 3.63) is 88.2 Å². The normalized spacial score (nSPS) is 11.9. The Hall–Kier alpha value is -2.61. The fourth-order valence-electron chi connectivity index (χ4n) is 3.41. The van der Waals surface area contributed by atoms with Crippen LogP contribution in [0.1, 0.15) is 52.9 Å².